The van der Waals surface area contributed by atoms with Crippen molar-refractivity contribution in [2.45, 2.75) is 24.7 Å². The number of rotatable bonds is 12. The van der Waals surface area contributed by atoms with Gasteiger partial charge in [-0.3, -0.25) is 0 Å². The second kappa shape index (κ2) is 11.8. The SMILES string of the molecule is CCCOc1ccc(OCCOC(=O)c2ccc(S(=O)(=O)NCCC#N)cc2)cc1. The van der Waals surface area contributed by atoms with E-state index in [9.17, 15) is 13.2 Å². The summed E-state index contributed by atoms with van der Waals surface area (Å²) in [4.78, 5) is 12.1. The Morgan fingerprint density at radius 1 is 0.967 bits per heavy atom. The highest BCUT2D eigenvalue weighted by molar-refractivity contribution is 7.89. The third-order valence-electron chi connectivity index (χ3n) is 3.81. The molecule has 2 rings (SSSR count). The average Bonchev–Trinajstić information content (AvgIpc) is 2.76. The molecule has 0 heterocycles. The van der Waals surface area contributed by atoms with Crippen LogP contribution in [0.25, 0.3) is 0 Å². The van der Waals surface area contributed by atoms with E-state index in [1.807, 2.05) is 25.1 Å². The number of benzene rings is 2. The molecule has 0 fully saturated rings. The van der Waals surface area contributed by atoms with Crippen molar-refractivity contribution in [3.8, 4) is 17.6 Å². The van der Waals surface area contributed by atoms with E-state index in [4.69, 9.17) is 19.5 Å². The molecule has 0 aliphatic carbocycles. The smallest absolute Gasteiger partial charge is 0.338 e. The number of hydrogen-bond donors (Lipinski definition) is 1. The molecule has 0 aliphatic rings. The van der Waals surface area contributed by atoms with E-state index in [-0.39, 0.29) is 36.6 Å². The maximum Gasteiger partial charge on any atom is 0.338 e. The molecule has 9 heteroatoms. The van der Waals surface area contributed by atoms with Crippen LogP contribution in [0.2, 0.25) is 0 Å². The van der Waals surface area contributed by atoms with Crippen molar-refractivity contribution < 1.29 is 27.4 Å². The van der Waals surface area contributed by atoms with Crippen LogP contribution in [0.3, 0.4) is 0 Å². The fraction of sp³-hybridized carbons (Fsp3) is 0.333. The molecule has 0 saturated heterocycles. The van der Waals surface area contributed by atoms with Gasteiger partial charge in [-0.15, -0.1) is 0 Å². The van der Waals surface area contributed by atoms with E-state index in [0.717, 1.165) is 12.2 Å². The quantitative estimate of drug-likeness (QED) is 0.405. The first kappa shape index (κ1) is 23.2. The Kier molecular flexibility index (Phi) is 9.12. The summed E-state index contributed by atoms with van der Waals surface area (Å²) in [6.07, 6.45) is 1.00. The Labute approximate surface area is 176 Å². The Balaban J connectivity index is 1.77. The molecule has 2 aromatic carbocycles. The largest absolute Gasteiger partial charge is 0.494 e. The van der Waals surface area contributed by atoms with E-state index < -0.39 is 16.0 Å². The minimum Gasteiger partial charge on any atom is -0.494 e. The van der Waals surface area contributed by atoms with Gasteiger partial charge >= 0.3 is 5.97 Å². The molecule has 0 atom stereocenters. The van der Waals surface area contributed by atoms with Crippen molar-refractivity contribution in [1.29, 1.82) is 5.26 Å². The number of sulfonamides is 1. The summed E-state index contributed by atoms with van der Waals surface area (Å²) in [7, 11) is -3.72. The van der Waals surface area contributed by atoms with Crippen LogP contribution in [0.4, 0.5) is 0 Å². The van der Waals surface area contributed by atoms with Gasteiger partial charge < -0.3 is 14.2 Å². The van der Waals surface area contributed by atoms with Gasteiger partial charge in [-0.1, -0.05) is 6.92 Å². The van der Waals surface area contributed by atoms with Gasteiger partial charge in [0.1, 0.15) is 24.7 Å². The summed E-state index contributed by atoms with van der Waals surface area (Å²) in [5, 5.41) is 8.47. The zero-order valence-corrected chi connectivity index (χ0v) is 17.5. The molecule has 0 saturated carbocycles. The molecule has 0 bridgehead atoms. The highest BCUT2D eigenvalue weighted by Crippen LogP contribution is 2.17. The van der Waals surface area contributed by atoms with Gasteiger partial charge in [0.05, 0.1) is 23.1 Å². The molecule has 0 amide bonds. The summed E-state index contributed by atoms with van der Waals surface area (Å²) < 4.78 is 42.5. The van der Waals surface area contributed by atoms with Gasteiger partial charge in [0, 0.05) is 13.0 Å². The molecule has 0 radical (unpaired) electrons. The number of carbonyl (C=O) groups excluding carboxylic acids is 1. The highest BCUT2D eigenvalue weighted by Gasteiger charge is 2.15. The molecule has 1 N–H and O–H groups in total. The molecule has 0 spiro atoms. The monoisotopic (exact) mass is 432 g/mol. The summed E-state index contributed by atoms with van der Waals surface area (Å²) >= 11 is 0. The summed E-state index contributed by atoms with van der Waals surface area (Å²) in [5.74, 6) is 0.818. The maximum atomic E-state index is 12.1. The Hall–Kier alpha value is -3.09. The number of esters is 1. The molecular formula is C21H24N2O6S. The van der Waals surface area contributed by atoms with Gasteiger partial charge in [0.15, 0.2) is 0 Å². The number of nitrogens with zero attached hydrogens (tertiary/aromatic N) is 1. The van der Waals surface area contributed by atoms with Crippen molar-refractivity contribution in [3.05, 3.63) is 54.1 Å². The lowest BCUT2D eigenvalue weighted by Crippen LogP contribution is -2.24. The molecule has 0 aromatic heterocycles. The highest BCUT2D eigenvalue weighted by atomic mass is 32.2. The zero-order chi connectivity index (χ0) is 21.8. The first-order chi connectivity index (χ1) is 14.5. The summed E-state index contributed by atoms with van der Waals surface area (Å²) in [5.41, 5.74) is 0.225. The Bertz CT molecular complexity index is 950. The van der Waals surface area contributed by atoms with Crippen LogP contribution in [0, 0.1) is 11.3 Å². The first-order valence-electron chi connectivity index (χ1n) is 9.45. The average molecular weight is 432 g/mol. The minimum atomic E-state index is -3.72. The van der Waals surface area contributed by atoms with Crippen molar-refractivity contribution >= 4 is 16.0 Å². The van der Waals surface area contributed by atoms with Gasteiger partial charge in [-0.2, -0.15) is 5.26 Å². The maximum absolute atomic E-state index is 12.1. The lowest BCUT2D eigenvalue weighted by Gasteiger charge is -2.09. The van der Waals surface area contributed by atoms with Gasteiger partial charge in [-0.05, 0) is 55.0 Å². The van der Waals surface area contributed by atoms with Crippen LogP contribution >= 0.6 is 0 Å². The third-order valence-corrected chi connectivity index (χ3v) is 5.29. The van der Waals surface area contributed by atoms with Gasteiger partial charge in [0.25, 0.3) is 0 Å². The van der Waals surface area contributed by atoms with Crippen molar-refractivity contribution in [2.75, 3.05) is 26.4 Å². The lowest BCUT2D eigenvalue weighted by atomic mass is 10.2. The molecule has 2 aromatic rings. The van der Waals surface area contributed by atoms with Gasteiger partial charge in [0.2, 0.25) is 10.0 Å². The van der Waals surface area contributed by atoms with Crippen LogP contribution in [-0.4, -0.2) is 40.8 Å². The lowest BCUT2D eigenvalue weighted by molar-refractivity contribution is 0.0450. The number of carbonyl (C=O) groups is 1. The van der Waals surface area contributed by atoms with Crippen molar-refractivity contribution in [2.24, 2.45) is 0 Å². The van der Waals surface area contributed by atoms with Crippen molar-refractivity contribution in [1.82, 2.24) is 4.72 Å². The van der Waals surface area contributed by atoms with Crippen LogP contribution in [-0.2, 0) is 14.8 Å². The van der Waals surface area contributed by atoms with E-state index in [0.29, 0.717) is 12.4 Å². The third kappa shape index (κ3) is 7.39. The van der Waals surface area contributed by atoms with E-state index in [2.05, 4.69) is 4.72 Å². The second-order valence-electron chi connectivity index (χ2n) is 6.13. The number of hydrogen-bond acceptors (Lipinski definition) is 7. The van der Waals surface area contributed by atoms with E-state index in [1.54, 1.807) is 12.1 Å². The number of ether oxygens (including phenoxy) is 3. The first-order valence-corrected chi connectivity index (χ1v) is 10.9. The van der Waals surface area contributed by atoms with Crippen LogP contribution in [0.5, 0.6) is 11.5 Å². The van der Waals surface area contributed by atoms with Crippen molar-refractivity contribution in [3.63, 3.8) is 0 Å². The minimum absolute atomic E-state index is 0.00619. The molecule has 160 valence electrons. The van der Waals surface area contributed by atoms with Gasteiger partial charge in [-0.25, -0.2) is 17.9 Å². The van der Waals surface area contributed by atoms with Crippen LogP contribution < -0.4 is 14.2 Å². The number of nitriles is 1. The Morgan fingerprint density at radius 3 is 2.13 bits per heavy atom. The topological polar surface area (TPSA) is 115 Å². The standard InChI is InChI=1S/C21H24N2O6S/c1-2-14-27-18-6-8-19(9-7-18)28-15-16-29-21(24)17-4-10-20(11-5-17)30(25,26)23-13-3-12-22/h4-11,23H,2-3,13-16H2,1H3. The second-order valence-corrected chi connectivity index (χ2v) is 7.90. The molecule has 0 aliphatic heterocycles. The van der Waals surface area contributed by atoms with E-state index in [1.165, 1.54) is 24.3 Å². The summed E-state index contributed by atoms with van der Waals surface area (Å²) in [6.45, 7) is 2.93. The van der Waals surface area contributed by atoms with E-state index >= 15 is 0 Å². The molecule has 30 heavy (non-hydrogen) atoms. The Morgan fingerprint density at radius 2 is 1.57 bits per heavy atom. The summed E-state index contributed by atoms with van der Waals surface area (Å²) in [6, 6.07) is 14.4. The molecule has 8 nitrogen and oxygen atoms in total. The van der Waals surface area contributed by atoms with Crippen LogP contribution in [0.15, 0.2) is 53.4 Å². The molecular weight excluding hydrogens is 408 g/mol. The number of nitrogens with one attached hydrogen (secondary N) is 1. The fourth-order valence-electron chi connectivity index (χ4n) is 2.32. The zero-order valence-electron chi connectivity index (χ0n) is 16.7. The predicted octanol–water partition coefficient (Wildman–Crippen LogP) is 2.90. The molecule has 0 unspecified atom stereocenters. The predicted molar refractivity (Wildman–Crippen MR) is 110 cm³/mol. The van der Waals surface area contributed by atoms with Crippen LogP contribution in [0.1, 0.15) is 30.1 Å². The normalized spacial score (nSPS) is 10.8. The fourth-order valence-corrected chi connectivity index (χ4v) is 3.36.